The van der Waals surface area contributed by atoms with Crippen molar-refractivity contribution < 1.29 is 19.9 Å². The normalized spacial score (nSPS) is 12.1. The Balaban J connectivity index is 2.58. The van der Waals surface area contributed by atoms with Gasteiger partial charge in [-0.1, -0.05) is 11.6 Å². The first kappa shape index (κ1) is 12.1. The lowest BCUT2D eigenvalue weighted by atomic mass is 10.3. The van der Waals surface area contributed by atoms with Crippen molar-refractivity contribution in [3.8, 4) is 0 Å². The van der Waals surface area contributed by atoms with E-state index >= 15 is 0 Å². The molecule has 0 fully saturated rings. The van der Waals surface area contributed by atoms with Crippen LogP contribution in [0.4, 0.5) is 5.95 Å². The van der Waals surface area contributed by atoms with Crippen LogP contribution in [0.1, 0.15) is 0 Å². The Morgan fingerprint density at radius 2 is 2.50 bits per heavy atom. The number of rotatable bonds is 6. The summed E-state index contributed by atoms with van der Waals surface area (Å²) in [5, 5.41) is 28.2. The summed E-state index contributed by atoms with van der Waals surface area (Å²) >= 11 is 0. The molecule has 8 nitrogen and oxygen atoms in total. The molecule has 0 bridgehead atoms. The van der Waals surface area contributed by atoms with Crippen LogP contribution in [0.2, 0.25) is 0 Å². The second-order valence-corrected chi connectivity index (χ2v) is 2.89. The maximum Gasteiger partial charge on any atom is 0.437 e. The molecule has 1 atom stereocenters. The average molecular weight is 229 g/mol. The summed E-state index contributed by atoms with van der Waals surface area (Å²) in [5.74, 6) is -0.434. The summed E-state index contributed by atoms with van der Waals surface area (Å²) in [6.07, 6.45) is 1.41. The van der Waals surface area contributed by atoms with Gasteiger partial charge in [0.1, 0.15) is 24.3 Å². The number of aromatic nitrogens is 2. The van der Waals surface area contributed by atoms with Gasteiger partial charge in [-0.15, -0.1) is 0 Å². The Hall–Kier alpha value is -1.93. The molecule has 2 N–H and O–H groups in total. The minimum absolute atomic E-state index is 0.0644. The molecule has 16 heavy (non-hydrogen) atoms. The topological polar surface area (TPSA) is 111 Å². The third-order valence-electron chi connectivity index (χ3n) is 1.79. The number of aliphatic hydroxyl groups excluding tert-OH is 2. The van der Waals surface area contributed by atoms with Crippen molar-refractivity contribution in [1.29, 1.82) is 0 Å². The Morgan fingerprint density at radius 1 is 1.81 bits per heavy atom. The van der Waals surface area contributed by atoms with Crippen molar-refractivity contribution in [2.45, 2.75) is 12.8 Å². The van der Waals surface area contributed by atoms with Crippen LogP contribution in [-0.4, -0.2) is 37.4 Å². The molecular formula is C8H11N3O5. The van der Waals surface area contributed by atoms with Gasteiger partial charge in [0, 0.05) is 0 Å². The van der Waals surface area contributed by atoms with E-state index in [0.717, 1.165) is 4.57 Å². The van der Waals surface area contributed by atoms with Crippen LogP contribution in [0.25, 0.3) is 0 Å². The van der Waals surface area contributed by atoms with Crippen LogP contribution in [0, 0.1) is 10.1 Å². The summed E-state index contributed by atoms with van der Waals surface area (Å²) in [6.45, 7) is 2.64. The molecule has 0 saturated carbocycles. The van der Waals surface area contributed by atoms with E-state index in [-0.39, 0.29) is 18.4 Å². The quantitative estimate of drug-likeness (QED) is 0.391. The number of hydrogen-bond acceptors (Lipinski definition) is 6. The van der Waals surface area contributed by atoms with Crippen LogP contribution in [-0.2, 0) is 11.5 Å². The monoisotopic (exact) mass is 229 g/mol. The van der Waals surface area contributed by atoms with Gasteiger partial charge in [0.05, 0.1) is 6.61 Å². The first-order valence-corrected chi connectivity index (χ1v) is 4.32. The Bertz CT molecular complexity index is 389. The van der Waals surface area contributed by atoms with Crippen LogP contribution in [0.15, 0.2) is 24.7 Å². The van der Waals surface area contributed by atoms with Crippen molar-refractivity contribution in [2.75, 3.05) is 6.61 Å². The Morgan fingerprint density at radius 3 is 3.06 bits per heavy atom. The van der Waals surface area contributed by atoms with E-state index in [4.69, 9.17) is 14.9 Å². The van der Waals surface area contributed by atoms with Gasteiger partial charge >= 0.3 is 5.95 Å². The Labute approximate surface area is 90.6 Å². The predicted molar refractivity (Wildman–Crippen MR) is 52.2 cm³/mol. The lowest BCUT2D eigenvalue weighted by molar-refractivity contribution is -0.397. The van der Waals surface area contributed by atoms with E-state index in [1.807, 2.05) is 0 Å². The highest BCUT2D eigenvalue weighted by molar-refractivity contribution is 5.06. The summed E-state index contributed by atoms with van der Waals surface area (Å²) < 4.78 is 6.08. The molecule has 1 heterocycles. The number of hydrogen-bond donors (Lipinski definition) is 2. The maximum absolute atomic E-state index is 10.5. The maximum atomic E-state index is 10.5. The molecule has 0 aliphatic rings. The molecule has 0 saturated heterocycles. The third kappa shape index (κ3) is 2.78. The van der Waals surface area contributed by atoms with Crippen molar-refractivity contribution in [3.63, 3.8) is 0 Å². The van der Waals surface area contributed by atoms with Crippen molar-refractivity contribution in [3.05, 3.63) is 34.8 Å². The number of aliphatic hydroxyl groups is 2. The van der Waals surface area contributed by atoms with Crippen LogP contribution >= 0.6 is 0 Å². The van der Waals surface area contributed by atoms with E-state index in [1.54, 1.807) is 0 Å². The molecule has 1 rings (SSSR count). The van der Waals surface area contributed by atoms with E-state index in [2.05, 4.69) is 11.6 Å². The molecule has 0 unspecified atom stereocenters. The minimum Gasteiger partial charge on any atom is -0.463 e. The number of imidazole rings is 1. The molecule has 1 aromatic rings. The number of nitrogens with zero attached hydrogens (tertiary/aromatic N) is 3. The van der Waals surface area contributed by atoms with Gasteiger partial charge in [0.15, 0.2) is 0 Å². The number of nitro groups is 1. The Kier molecular flexibility index (Phi) is 3.97. The lowest BCUT2D eigenvalue weighted by Crippen LogP contribution is -2.18. The molecule has 0 radical (unpaired) electrons. The second-order valence-electron chi connectivity index (χ2n) is 2.89. The zero-order chi connectivity index (χ0) is 12.1. The minimum atomic E-state index is -1.21. The SMILES string of the molecule is C=C(OCn1ccnc1[N+](=O)[O-])[C@H](O)CO. The highest BCUT2D eigenvalue weighted by Crippen LogP contribution is 2.09. The van der Waals surface area contributed by atoms with Gasteiger partial charge in [-0.25, -0.2) is 0 Å². The molecule has 88 valence electrons. The van der Waals surface area contributed by atoms with Gasteiger partial charge in [0.25, 0.3) is 0 Å². The lowest BCUT2D eigenvalue weighted by Gasteiger charge is -2.11. The molecule has 1 aromatic heterocycles. The fourth-order valence-electron chi connectivity index (χ4n) is 0.925. The van der Waals surface area contributed by atoms with E-state index in [0.29, 0.717) is 0 Å². The third-order valence-corrected chi connectivity index (χ3v) is 1.79. The van der Waals surface area contributed by atoms with Gasteiger partial charge in [0.2, 0.25) is 6.73 Å². The first-order chi connectivity index (χ1) is 7.56. The van der Waals surface area contributed by atoms with E-state index < -0.39 is 17.6 Å². The van der Waals surface area contributed by atoms with Gasteiger partial charge < -0.3 is 25.1 Å². The molecule has 0 aromatic carbocycles. The number of ether oxygens (including phenoxy) is 1. The van der Waals surface area contributed by atoms with Crippen LogP contribution < -0.4 is 0 Å². The summed E-state index contributed by atoms with van der Waals surface area (Å²) in [6, 6.07) is 0. The molecule has 0 aliphatic heterocycles. The largest absolute Gasteiger partial charge is 0.463 e. The molecule has 0 aliphatic carbocycles. The van der Waals surface area contributed by atoms with Gasteiger partial charge in [-0.2, -0.15) is 4.57 Å². The fraction of sp³-hybridized carbons (Fsp3) is 0.375. The highest BCUT2D eigenvalue weighted by Gasteiger charge is 2.15. The molecule has 8 heteroatoms. The molecular weight excluding hydrogens is 218 g/mol. The van der Waals surface area contributed by atoms with Gasteiger partial charge in [-0.3, -0.25) is 0 Å². The summed E-state index contributed by atoms with van der Waals surface area (Å²) in [7, 11) is 0. The molecule has 0 amide bonds. The first-order valence-electron chi connectivity index (χ1n) is 4.32. The van der Waals surface area contributed by atoms with Crippen molar-refractivity contribution >= 4 is 5.95 Å². The van der Waals surface area contributed by atoms with Crippen LogP contribution in [0.5, 0.6) is 0 Å². The van der Waals surface area contributed by atoms with E-state index in [1.165, 1.54) is 12.4 Å². The van der Waals surface area contributed by atoms with Crippen molar-refractivity contribution in [1.82, 2.24) is 9.55 Å². The summed E-state index contributed by atoms with van der Waals surface area (Å²) in [4.78, 5) is 13.3. The van der Waals surface area contributed by atoms with E-state index in [9.17, 15) is 10.1 Å². The smallest absolute Gasteiger partial charge is 0.437 e. The zero-order valence-corrected chi connectivity index (χ0v) is 8.31. The highest BCUT2D eigenvalue weighted by atomic mass is 16.6. The standard InChI is InChI=1S/C8H11N3O5/c1-6(7(13)4-12)16-5-10-3-2-9-8(10)11(14)15/h2-3,7,12-13H,1,4-5H2/t7-/m1/s1. The average Bonchev–Trinajstić information content (AvgIpc) is 2.72. The fourth-order valence-corrected chi connectivity index (χ4v) is 0.925. The predicted octanol–water partition coefficient (Wildman–Crippen LogP) is -0.368. The second kappa shape index (κ2) is 5.24. The van der Waals surface area contributed by atoms with Crippen LogP contribution in [0.3, 0.4) is 0 Å². The van der Waals surface area contributed by atoms with Gasteiger partial charge in [-0.05, 0) is 4.92 Å². The van der Waals surface area contributed by atoms with Crippen molar-refractivity contribution in [2.24, 2.45) is 0 Å². The zero-order valence-electron chi connectivity index (χ0n) is 8.31. The molecule has 0 spiro atoms. The summed E-state index contributed by atoms with van der Waals surface area (Å²) in [5.41, 5.74) is 0.